The summed E-state index contributed by atoms with van der Waals surface area (Å²) in [5, 5.41) is 12.8. The summed E-state index contributed by atoms with van der Waals surface area (Å²) in [5.41, 5.74) is -1.26. The zero-order valence-electron chi connectivity index (χ0n) is 11.2. The molecule has 2 aliphatic heterocycles. The van der Waals surface area contributed by atoms with Gasteiger partial charge in [0.1, 0.15) is 5.54 Å². The highest BCUT2D eigenvalue weighted by Crippen LogP contribution is 2.32. The lowest BCUT2D eigenvalue weighted by molar-refractivity contribution is -0.158. The first-order valence-corrected chi connectivity index (χ1v) is 6.68. The summed E-state index contributed by atoms with van der Waals surface area (Å²) in [5.74, 6) is -0.781. The Hall–Kier alpha value is -0.650. The van der Waals surface area contributed by atoms with Crippen molar-refractivity contribution >= 4 is 5.97 Å². The Bertz CT molecular complexity index is 312. The number of aliphatic carboxylic acids is 1. The lowest BCUT2D eigenvalue weighted by Crippen LogP contribution is -2.60. The van der Waals surface area contributed by atoms with Crippen molar-refractivity contribution in [1.29, 1.82) is 0 Å². The van der Waals surface area contributed by atoms with Gasteiger partial charge in [-0.2, -0.15) is 0 Å². The molecule has 5 nitrogen and oxygen atoms in total. The summed E-state index contributed by atoms with van der Waals surface area (Å²) in [7, 11) is 0. The molecule has 2 unspecified atom stereocenters. The predicted octanol–water partition coefficient (Wildman–Crippen LogP) is 1.17. The van der Waals surface area contributed by atoms with Crippen LogP contribution in [-0.4, -0.2) is 48.1 Å². The summed E-state index contributed by atoms with van der Waals surface area (Å²) in [4.78, 5) is 11.6. The average molecular weight is 257 g/mol. The molecule has 104 valence electrons. The molecule has 0 amide bonds. The van der Waals surface area contributed by atoms with Gasteiger partial charge >= 0.3 is 5.97 Å². The molecule has 0 aromatic heterocycles. The van der Waals surface area contributed by atoms with Crippen LogP contribution in [0.25, 0.3) is 0 Å². The third-order valence-electron chi connectivity index (χ3n) is 3.85. The molecule has 2 heterocycles. The zero-order chi connectivity index (χ0) is 13.2. The number of carboxylic acids is 1. The van der Waals surface area contributed by atoms with Gasteiger partial charge in [-0.3, -0.25) is 10.1 Å². The Morgan fingerprint density at radius 2 is 2.22 bits per heavy atom. The van der Waals surface area contributed by atoms with Gasteiger partial charge in [0.2, 0.25) is 0 Å². The first-order valence-electron chi connectivity index (χ1n) is 6.68. The van der Waals surface area contributed by atoms with E-state index in [0.717, 1.165) is 19.4 Å². The van der Waals surface area contributed by atoms with E-state index in [1.54, 1.807) is 0 Å². The maximum Gasteiger partial charge on any atom is 0.324 e. The van der Waals surface area contributed by atoms with Crippen LogP contribution in [-0.2, 0) is 14.3 Å². The standard InChI is InChI=1S/C13H23NO4/c1-12(2)9-13(11(15)16,5-7-18-12)14-8-10-4-3-6-17-10/h10,14H,3-9H2,1-2H3,(H,15,16). The van der Waals surface area contributed by atoms with Crippen LogP contribution in [0.1, 0.15) is 39.5 Å². The van der Waals surface area contributed by atoms with Crippen molar-refractivity contribution in [3.63, 3.8) is 0 Å². The minimum Gasteiger partial charge on any atom is -0.480 e. The molecule has 0 aromatic rings. The van der Waals surface area contributed by atoms with Crippen LogP contribution in [0.4, 0.5) is 0 Å². The normalized spacial score (nSPS) is 35.6. The quantitative estimate of drug-likeness (QED) is 0.791. The van der Waals surface area contributed by atoms with Gasteiger partial charge in [-0.25, -0.2) is 0 Å². The van der Waals surface area contributed by atoms with Crippen molar-refractivity contribution < 1.29 is 19.4 Å². The Kier molecular flexibility index (Phi) is 3.94. The molecule has 0 aromatic carbocycles. The summed E-state index contributed by atoms with van der Waals surface area (Å²) in [6, 6.07) is 0. The highest BCUT2D eigenvalue weighted by atomic mass is 16.5. The van der Waals surface area contributed by atoms with E-state index in [4.69, 9.17) is 9.47 Å². The average Bonchev–Trinajstić information content (AvgIpc) is 2.77. The number of hydrogen-bond donors (Lipinski definition) is 2. The van der Waals surface area contributed by atoms with Crippen LogP contribution in [0, 0.1) is 0 Å². The second kappa shape index (κ2) is 5.15. The van der Waals surface area contributed by atoms with Gasteiger partial charge in [-0.05, 0) is 33.1 Å². The minimum absolute atomic E-state index is 0.159. The molecule has 2 atom stereocenters. The third kappa shape index (κ3) is 3.02. The topological polar surface area (TPSA) is 67.8 Å². The second-order valence-corrected chi connectivity index (χ2v) is 5.94. The SMILES string of the molecule is CC1(C)CC(NCC2CCCO2)(C(=O)O)CCO1. The Morgan fingerprint density at radius 1 is 1.44 bits per heavy atom. The molecule has 0 radical (unpaired) electrons. The van der Waals surface area contributed by atoms with Gasteiger partial charge in [-0.15, -0.1) is 0 Å². The predicted molar refractivity (Wildman–Crippen MR) is 66.6 cm³/mol. The van der Waals surface area contributed by atoms with Crippen molar-refractivity contribution in [2.45, 2.75) is 56.8 Å². The Labute approximate surface area is 108 Å². The molecule has 0 spiro atoms. The number of nitrogens with one attached hydrogen (secondary N) is 1. The molecule has 0 bridgehead atoms. The van der Waals surface area contributed by atoms with Gasteiger partial charge in [0.05, 0.1) is 11.7 Å². The Morgan fingerprint density at radius 3 is 2.78 bits per heavy atom. The molecule has 18 heavy (non-hydrogen) atoms. The van der Waals surface area contributed by atoms with E-state index in [0.29, 0.717) is 26.0 Å². The molecular formula is C13H23NO4. The van der Waals surface area contributed by atoms with E-state index in [9.17, 15) is 9.90 Å². The van der Waals surface area contributed by atoms with E-state index in [1.807, 2.05) is 13.8 Å². The summed E-state index contributed by atoms with van der Waals surface area (Å²) >= 11 is 0. The zero-order valence-corrected chi connectivity index (χ0v) is 11.2. The first-order chi connectivity index (χ1) is 8.44. The van der Waals surface area contributed by atoms with Gasteiger partial charge in [-0.1, -0.05) is 0 Å². The Balaban J connectivity index is 1.99. The van der Waals surface area contributed by atoms with Crippen LogP contribution in [0.5, 0.6) is 0 Å². The molecule has 2 fully saturated rings. The monoisotopic (exact) mass is 257 g/mol. The fourth-order valence-electron chi connectivity index (χ4n) is 2.89. The van der Waals surface area contributed by atoms with Crippen LogP contribution in [0.3, 0.4) is 0 Å². The number of carboxylic acid groups (broad SMARTS) is 1. The highest BCUT2D eigenvalue weighted by Gasteiger charge is 2.46. The molecule has 2 rings (SSSR count). The number of ether oxygens (including phenoxy) is 2. The molecule has 2 aliphatic rings. The van der Waals surface area contributed by atoms with Crippen molar-refractivity contribution in [3.8, 4) is 0 Å². The van der Waals surface area contributed by atoms with E-state index >= 15 is 0 Å². The van der Waals surface area contributed by atoms with Crippen molar-refractivity contribution in [1.82, 2.24) is 5.32 Å². The number of hydrogen-bond acceptors (Lipinski definition) is 4. The van der Waals surface area contributed by atoms with Gasteiger partial charge < -0.3 is 14.6 Å². The van der Waals surface area contributed by atoms with Crippen molar-refractivity contribution in [2.75, 3.05) is 19.8 Å². The maximum absolute atomic E-state index is 11.6. The smallest absolute Gasteiger partial charge is 0.324 e. The van der Waals surface area contributed by atoms with Crippen LogP contribution >= 0.6 is 0 Å². The van der Waals surface area contributed by atoms with E-state index in [-0.39, 0.29) is 11.7 Å². The van der Waals surface area contributed by atoms with Crippen LogP contribution < -0.4 is 5.32 Å². The van der Waals surface area contributed by atoms with E-state index in [2.05, 4.69) is 5.32 Å². The van der Waals surface area contributed by atoms with Gasteiger partial charge in [0.25, 0.3) is 0 Å². The molecule has 0 aliphatic carbocycles. The van der Waals surface area contributed by atoms with E-state index < -0.39 is 11.5 Å². The van der Waals surface area contributed by atoms with Crippen LogP contribution in [0.15, 0.2) is 0 Å². The summed E-state index contributed by atoms with van der Waals surface area (Å²) in [6.07, 6.45) is 3.25. The van der Waals surface area contributed by atoms with Crippen molar-refractivity contribution in [3.05, 3.63) is 0 Å². The molecular weight excluding hydrogens is 234 g/mol. The van der Waals surface area contributed by atoms with Crippen LogP contribution in [0.2, 0.25) is 0 Å². The summed E-state index contributed by atoms with van der Waals surface area (Å²) in [6.45, 7) is 5.77. The number of rotatable bonds is 4. The third-order valence-corrected chi connectivity index (χ3v) is 3.85. The molecule has 2 N–H and O–H groups in total. The highest BCUT2D eigenvalue weighted by molar-refractivity contribution is 5.79. The van der Waals surface area contributed by atoms with Gasteiger partial charge in [0, 0.05) is 26.2 Å². The fraction of sp³-hybridized carbons (Fsp3) is 0.923. The molecule has 5 heteroatoms. The maximum atomic E-state index is 11.6. The minimum atomic E-state index is -0.867. The first kappa shape index (κ1) is 13.8. The lowest BCUT2D eigenvalue weighted by atomic mass is 9.81. The molecule has 2 saturated heterocycles. The van der Waals surface area contributed by atoms with Gasteiger partial charge in [0.15, 0.2) is 0 Å². The molecule has 0 saturated carbocycles. The number of carbonyl (C=O) groups is 1. The summed E-state index contributed by atoms with van der Waals surface area (Å²) < 4.78 is 11.1. The van der Waals surface area contributed by atoms with E-state index in [1.165, 1.54) is 0 Å². The second-order valence-electron chi connectivity index (χ2n) is 5.94. The van der Waals surface area contributed by atoms with Crippen molar-refractivity contribution in [2.24, 2.45) is 0 Å². The largest absolute Gasteiger partial charge is 0.480 e. The fourth-order valence-corrected chi connectivity index (χ4v) is 2.89. The lowest BCUT2D eigenvalue weighted by Gasteiger charge is -2.43.